The van der Waals surface area contributed by atoms with Crippen LogP contribution < -0.4 is 4.74 Å². The number of methoxy groups -OCH3 is 1. The van der Waals surface area contributed by atoms with E-state index in [1.165, 1.54) is 11.1 Å². The Hall–Kier alpha value is -0.630. The van der Waals surface area contributed by atoms with Crippen LogP contribution in [0.3, 0.4) is 0 Å². The van der Waals surface area contributed by atoms with Crippen LogP contribution in [-0.2, 0) is 6.42 Å². The summed E-state index contributed by atoms with van der Waals surface area (Å²) < 4.78 is 5.24. The van der Waals surface area contributed by atoms with Crippen molar-refractivity contribution in [2.45, 2.75) is 32.6 Å². The van der Waals surface area contributed by atoms with Crippen LogP contribution in [0, 0.1) is 0 Å². The summed E-state index contributed by atoms with van der Waals surface area (Å²) in [6.07, 6.45) is 2.19. The second-order valence-corrected chi connectivity index (χ2v) is 4.28. The maximum atomic E-state index is 5.24. The van der Waals surface area contributed by atoms with Gasteiger partial charge in [-0.05, 0) is 47.8 Å². The van der Waals surface area contributed by atoms with Crippen molar-refractivity contribution < 1.29 is 4.74 Å². The van der Waals surface area contributed by atoms with Gasteiger partial charge in [0.05, 0.1) is 7.11 Å². The van der Waals surface area contributed by atoms with Crippen molar-refractivity contribution in [1.82, 2.24) is 0 Å². The van der Waals surface area contributed by atoms with Gasteiger partial charge in [-0.2, -0.15) is 12.6 Å². The van der Waals surface area contributed by atoms with E-state index in [0.717, 1.165) is 24.3 Å². The molecule has 84 valence electrons. The number of rotatable bonds is 5. The van der Waals surface area contributed by atoms with Crippen molar-refractivity contribution in [2.75, 3.05) is 12.9 Å². The molecule has 0 N–H and O–H groups in total. The summed E-state index contributed by atoms with van der Waals surface area (Å²) in [5.74, 6) is 2.48. The van der Waals surface area contributed by atoms with Gasteiger partial charge in [0, 0.05) is 0 Å². The van der Waals surface area contributed by atoms with Gasteiger partial charge >= 0.3 is 0 Å². The highest BCUT2D eigenvalue weighted by Gasteiger charge is 2.09. The Balaban J connectivity index is 2.96. The van der Waals surface area contributed by atoms with Crippen LogP contribution in [0.2, 0.25) is 0 Å². The topological polar surface area (TPSA) is 9.23 Å². The van der Waals surface area contributed by atoms with Crippen molar-refractivity contribution in [3.63, 3.8) is 0 Å². The summed E-state index contributed by atoms with van der Waals surface area (Å²) in [7, 11) is 1.71. The number of ether oxygens (including phenoxy) is 1. The molecule has 0 aliphatic heterocycles. The first-order valence-electron chi connectivity index (χ1n) is 5.50. The molecule has 15 heavy (non-hydrogen) atoms. The van der Waals surface area contributed by atoms with Crippen LogP contribution in [0.5, 0.6) is 5.75 Å². The van der Waals surface area contributed by atoms with E-state index in [9.17, 15) is 0 Å². The van der Waals surface area contributed by atoms with E-state index in [2.05, 4.69) is 38.6 Å². The molecule has 1 atom stereocenters. The fourth-order valence-corrected chi connectivity index (χ4v) is 2.23. The first-order valence-corrected chi connectivity index (χ1v) is 6.13. The fraction of sp³-hybridized carbons (Fsp3) is 0.538. The molecule has 0 amide bonds. The second-order valence-electron chi connectivity index (χ2n) is 3.83. The molecular weight excluding hydrogens is 204 g/mol. The normalized spacial score (nSPS) is 12.5. The molecule has 1 unspecified atom stereocenters. The molecule has 0 bridgehead atoms. The largest absolute Gasteiger partial charge is 0.497 e. The Bertz CT molecular complexity index is 309. The van der Waals surface area contributed by atoms with E-state index in [1.807, 2.05) is 6.07 Å². The average Bonchev–Trinajstić information content (AvgIpc) is 2.28. The molecule has 0 aliphatic rings. The predicted molar refractivity (Wildman–Crippen MR) is 69.3 cm³/mol. The van der Waals surface area contributed by atoms with E-state index >= 15 is 0 Å². The third-order valence-electron chi connectivity index (χ3n) is 2.82. The quantitative estimate of drug-likeness (QED) is 0.751. The summed E-state index contributed by atoms with van der Waals surface area (Å²) in [5, 5.41) is 0. The summed E-state index contributed by atoms with van der Waals surface area (Å²) >= 11 is 4.29. The third-order valence-corrected chi connectivity index (χ3v) is 3.08. The highest BCUT2D eigenvalue weighted by Crippen LogP contribution is 2.27. The predicted octanol–water partition coefficient (Wildman–Crippen LogP) is 3.68. The van der Waals surface area contributed by atoms with Crippen molar-refractivity contribution in [3.05, 3.63) is 29.3 Å². The number of benzene rings is 1. The number of aryl methyl sites for hydroxylation is 1. The maximum Gasteiger partial charge on any atom is 0.119 e. The molecule has 1 nitrogen and oxygen atoms in total. The van der Waals surface area contributed by atoms with Crippen LogP contribution in [0.25, 0.3) is 0 Å². The van der Waals surface area contributed by atoms with Crippen molar-refractivity contribution in [1.29, 1.82) is 0 Å². The average molecular weight is 224 g/mol. The lowest BCUT2D eigenvalue weighted by molar-refractivity contribution is 0.414. The van der Waals surface area contributed by atoms with Crippen molar-refractivity contribution in [2.24, 2.45) is 0 Å². The highest BCUT2D eigenvalue weighted by atomic mass is 32.1. The van der Waals surface area contributed by atoms with E-state index in [1.54, 1.807) is 7.11 Å². The van der Waals surface area contributed by atoms with E-state index in [4.69, 9.17) is 4.74 Å². The Kier molecular flexibility index (Phi) is 5.03. The monoisotopic (exact) mass is 224 g/mol. The van der Waals surface area contributed by atoms with Gasteiger partial charge in [0.15, 0.2) is 0 Å². The zero-order valence-electron chi connectivity index (χ0n) is 9.79. The number of thiol groups is 1. The lowest BCUT2D eigenvalue weighted by Crippen LogP contribution is -2.00. The molecule has 0 aliphatic carbocycles. The van der Waals surface area contributed by atoms with Crippen LogP contribution in [0.1, 0.15) is 37.3 Å². The van der Waals surface area contributed by atoms with Gasteiger partial charge in [-0.3, -0.25) is 0 Å². The summed E-state index contributed by atoms with van der Waals surface area (Å²) in [6.45, 7) is 4.45. The first kappa shape index (κ1) is 12.4. The van der Waals surface area contributed by atoms with Gasteiger partial charge in [0.25, 0.3) is 0 Å². The molecule has 0 saturated carbocycles. The first-order chi connectivity index (χ1) is 7.22. The zero-order chi connectivity index (χ0) is 11.3. The SMILES string of the molecule is CCc1cc(OC)ccc1C(C)CCS. The van der Waals surface area contributed by atoms with Gasteiger partial charge in [-0.1, -0.05) is 19.9 Å². The molecule has 0 fully saturated rings. The van der Waals surface area contributed by atoms with Gasteiger partial charge in [0.1, 0.15) is 5.75 Å². The lowest BCUT2D eigenvalue weighted by atomic mass is 9.92. The van der Waals surface area contributed by atoms with Crippen LogP contribution in [-0.4, -0.2) is 12.9 Å². The third kappa shape index (κ3) is 3.16. The summed E-state index contributed by atoms with van der Waals surface area (Å²) in [6, 6.07) is 6.37. The molecule has 2 heteroatoms. The van der Waals surface area contributed by atoms with Crippen LogP contribution >= 0.6 is 12.6 Å². The highest BCUT2D eigenvalue weighted by molar-refractivity contribution is 7.80. The molecule has 0 heterocycles. The molecule has 0 saturated heterocycles. The Labute approximate surface area is 98.3 Å². The number of hydrogen-bond donors (Lipinski definition) is 1. The Morgan fingerprint density at radius 2 is 2.13 bits per heavy atom. The van der Waals surface area contributed by atoms with E-state index < -0.39 is 0 Å². The molecule has 0 radical (unpaired) electrons. The molecular formula is C13H20OS. The van der Waals surface area contributed by atoms with E-state index in [0.29, 0.717) is 5.92 Å². The van der Waals surface area contributed by atoms with Crippen LogP contribution in [0.15, 0.2) is 18.2 Å². The summed E-state index contributed by atoms with van der Waals surface area (Å²) in [4.78, 5) is 0. The number of hydrogen-bond acceptors (Lipinski definition) is 2. The standard InChI is InChI=1S/C13H20OS/c1-4-11-9-12(14-3)5-6-13(11)10(2)7-8-15/h5-6,9-10,15H,4,7-8H2,1-3H3. The Morgan fingerprint density at radius 3 is 2.67 bits per heavy atom. The van der Waals surface area contributed by atoms with Crippen molar-refractivity contribution in [3.8, 4) is 5.75 Å². The van der Waals surface area contributed by atoms with Crippen molar-refractivity contribution >= 4 is 12.6 Å². The minimum absolute atomic E-state index is 0.586. The molecule has 1 rings (SSSR count). The molecule has 0 aromatic heterocycles. The second kappa shape index (κ2) is 6.06. The smallest absolute Gasteiger partial charge is 0.119 e. The lowest BCUT2D eigenvalue weighted by Gasteiger charge is -2.15. The Morgan fingerprint density at radius 1 is 1.40 bits per heavy atom. The molecule has 0 spiro atoms. The molecule has 1 aromatic carbocycles. The minimum atomic E-state index is 0.586. The zero-order valence-corrected chi connectivity index (χ0v) is 10.7. The van der Waals surface area contributed by atoms with Gasteiger partial charge in [0.2, 0.25) is 0 Å². The summed E-state index contributed by atoms with van der Waals surface area (Å²) in [5.41, 5.74) is 2.83. The van der Waals surface area contributed by atoms with Gasteiger partial charge < -0.3 is 4.74 Å². The molecule has 1 aromatic rings. The van der Waals surface area contributed by atoms with Crippen LogP contribution in [0.4, 0.5) is 0 Å². The fourth-order valence-electron chi connectivity index (χ4n) is 1.85. The van der Waals surface area contributed by atoms with Gasteiger partial charge in [-0.25, -0.2) is 0 Å². The maximum absolute atomic E-state index is 5.24. The van der Waals surface area contributed by atoms with E-state index in [-0.39, 0.29) is 0 Å². The minimum Gasteiger partial charge on any atom is -0.497 e. The van der Waals surface area contributed by atoms with Gasteiger partial charge in [-0.15, -0.1) is 0 Å².